The second-order valence-electron chi connectivity index (χ2n) is 4.52. The van der Waals surface area contributed by atoms with Gasteiger partial charge in [-0.25, -0.2) is 0 Å². The summed E-state index contributed by atoms with van der Waals surface area (Å²) in [6.45, 7) is 6.10. The molecule has 0 aliphatic heterocycles. The number of rotatable bonds is 4. The first-order chi connectivity index (χ1) is 7.54. The third-order valence-electron chi connectivity index (χ3n) is 3.07. The highest BCUT2D eigenvalue weighted by molar-refractivity contribution is 5.38. The molecule has 2 heteroatoms. The first-order valence-corrected chi connectivity index (χ1v) is 5.59. The molecule has 0 N–H and O–H groups in total. The monoisotopic (exact) mass is 217 g/mol. The summed E-state index contributed by atoms with van der Waals surface area (Å²) in [5.41, 5.74) is 2.02. The fraction of sp³-hybridized carbons (Fsp3) is 0.500. The van der Waals surface area contributed by atoms with Crippen LogP contribution < -0.4 is 4.74 Å². The maximum absolute atomic E-state index is 9.19. The Hall–Kier alpha value is -1.49. The van der Waals surface area contributed by atoms with Gasteiger partial charge in [-0.3, -0.25) is 0 Å². The number of aryl methyl sites for hydroxylation is 1. The maximum Gasteiger partial charge on any atom is 0.122 e. The number of hydrogen-bond donors (Lipinski definition) is 0. The molecule has 0 bridgehead atoms. The van der Waals surface area contributed by atoms with Crippen molar-refractivity contribution in [2.45, 2.75) is 33.6 Å². The molecule has 0 saturated carbocycles. The quantitative estimate of drug-likeness (QED) is 0.773. The molecule has 1 rings (SSSR count). The summed E-state index contributed by atoms with van der Waals surface area (Å²) in [6.07, 6.45) is 1.59. The average Bonchev–Trinajstić information content (AvgIpc) is 2.29. The van der Waals surface area contributed by atoms with Crippen LogP contribution in [0, 0.1) is 23.7 Å². The molecule has 0 aliphatic carbocycles. The Morgan fingerprint density at radius 1 is 1.44 bits per heavy atom. The molecule has 0 saturated heterocycles. The molecular weight excluding hydrogens is 198 g/mol. The van der Waals surface area contributed by atoms with Gasteiger partial charge < -0.3 is 4.74 Å². The Bertz CT molecular complexity index is 406. The second kappa shape index (κ2) is 5.03. The van der Waals surface area contributed by atoms with E-state index >= 15 is 0 Å². The average molecular weight is 217 g/mol. The fourth-order valence-electron chi connectivity index (χ4n) is 1.71. The summed E-state index contributed by atoms with van der Waals surface area (Å²) >= 11 is 0. The van der Waals surface area contributed by atoms with Gasteiger partial charge in [0.25, 0.3) is 0 Å². The number of hydrogen-bond acceptors (Lipinski definition) is 2. The summed E-state index contributed by atoms with van der Waals surface area (Å²) in [5.74, 6) is 0.875. The minimum Gasteiger partial charge on any atom is -0.496 e. The van der Waals surface area contributed by atoms with Crippen LogP contribution in [0.1, 0.15) is 31.4 Å². The minimum atomic E-state index is -0.304. The molecule has 16 heavy (non-hydrogen) atoms. The third kappa shape index (κ3) is 2.76. The van der Waals surface area contributed by atoms with E-state index in [2.05, 4.69) is 19.1 Å². The molecule has 1 aromatic rings. The Balaban J connectivity index is 3.04. The van der Waals surface area contributed by atoms with E-state index in [0.29, 0.717) is 0 Å². The zero-order chi connectivity index (χ0) is 12.2. The lowest BCUT2D eigenvalue weighted by Crippen LogP contribution is -2.16. The van der Waals surface area contributed by atoms with Crippen LogP contribution in [-0.2, 0) is 6.42 Å². The van der Waals surface area contributed by atoms with E-state index in [4.69, 9.17) is 4.74 Å². The van der Waals surface area contributed by atoms with Crippen molar-refractivity contribution in [3.8, 4) is 11.8 Å². The van der Waals surface area contributed by atoms with E-state index in [-0.39, 0.29) is 5.41 Å². The smallest absolute Gasteiger partial charge is 0.122 e. The molecule has 0 aromatic heterocycles. The molecule has 1 atom stereocenters. The lowest BCUT2D eigenvalue weighted by atomic mass is 9.82. The van der Waals surface area contributed by atoms with E-state index in [9.17, 15) is 5.26 Å². The summed E-state index contributed by atoms with van der Waals surface area (Å²) in [7, 11) is 1.67. The predicted octanol–water partition coefficient (Wildman–Crippen LogP) is 3.49. The van der Waals surface area contributed by atoms with Gasteiger partial charge >= 0.3 is 0 Å². The molecule has 86 valence electrons. The highest BCUT2D eigenvalue weighted by atomic mass is 16.5. The van der Waals surface area contributed by atoms with E-state index in [1.165, 1.54) is 5.56 Å². The molecule has 1 aromatic carbocycles. The third-order valence-corrected chi connectivity index (χ3v) is 3.07. The SMILES string of the molecule is CCC(C)(C#N)Cc1cc(C)ccc1OC. The van der Waals surface area contributed by atoms with E-state index in [1.807, 2.05) is 26.0 Å². The molecule has 0 radical (unpaired) electrons. The topological polar surface area (TPSA) is 33.0 Å². The van der Waals surface area contributed by atoms with Crippen molar-refractivity contribution in [1.82, 2.24) is 0 Å². The van der Waals surface area contributed by atoms with Gasteiger partial charge in [0.1, 0.15) is 5.75 Å². The lowest BCUT2D eigenvalue weighted by Gasteiger charge is -2.21. The summed E-state index contributed by atoms with van der Waals surface area (Å²) < 4.78 is 5.33. The van der Waals surface area contributed by atoms with Gasteiger partial charge in [-0.15, -0.1) is 0 Å². The van der Waals surface area contributed by atoms with Crippen LogP contribution in [0.25, 0.3) is 0 Å². The van der Waals surface area contributed by atoms with Gasteiger partial charge in [0, 0.05) is 0 Å². The molecule has 0 amide bonds. The summed E-state index contributed by atoms with van der Waals surface area (Å²) in [5, 5.41) is 9.19. The first-order valence-electron chi connectivity index (χ1n) is 5.59. The van der Waals surface area contributed by atoms with Crippen LogP contribution in [0.4, 0.5) is 0 Å². The Kier molecular flexibility index (Phi) is 3.95. The predicted molar refractivity (Wildman–Crippen MR) is 65.4 cm³/mol. The van der Waals surface area contributed by atoms with Gasteiger partial charge in [-0.2, -0.15) is 5.26 Å². The Morgan fingerprint density at radius 3 is 2.62 bits per heavy atom. The van der Waals surface area contributed by atoms with Crippen molar-refractivity contribution >= 4 is 0 Å². The Labute approximate surface area is 97.9 Å². The standard InChI is InChI=1S/C14H19NO/c1-5-14(3,10-15)9-12-8-11(2)6-7-13(12)16-4/h6-8H,5,9H2,1-4H3. The molecule has 2 nitrogen and oxygen atoms in total. The summed E-state index contributed by atoms with van der Waals surface area (Å²) in [6, 6.07) is 8.49. The normalized spacial score (nSPS) is 13.9. The highest BCUT2D eigenvalue weighted by Gasteiger charge is 2.23. The van der Waals surface area contributed by atoms with Gasteiger partial charge in [0.2, 0.25) is 0 Å². The van der Waals surface area contributed by atoms with Crippen molar-refractivity contribution in [3.05, 3.63) is 29.3 Å². The molecule has 0 aliphatic rings. The van der Waals surface area contributed by atoms with Gasteiger partial charge in [-0.05, 0) is 38.3 Å². The van der Waals surface area contributed by atoms with Crippen LogP contribution in [-0.4, -0.2) is 7.11 Å². The van der Waals surface area contributed by atoms with E-state index in [0.717, 1.165) is 24.2 Å². The largest absolute Gasteiger partial charge is 0.496 e. The zero-order valence-corrected chi connectivity index (χ0v) is 10.5. The van der Waals surface area contributed by atoms with Gasteiger partial charge in [0.15, 0.2) is 0 Å². The minimum absolute atomic E-state index is 0.304. The van der Waals surface area contributed by atoms with Crippen molar-refractivity contribution < 1.29 is 4.74 Å². The molecule has 0 heterocycles. The zero-order valence-electron chi connectivity index (χ0n) is 10.5. The van der Waals surface area contributed by atoms with Crippen molar-refractivity contribution in [2.24, 2.45) is 5.41 Å². The van der Waals surface area contributed by atoms with Crippen molar-refractivity contribution in [2.75, 3.05) is 7.11 Å². The number of ether oxygens (including phenoxy) is 1. The number of benzene rings is 1. The van der Waals surface area contributed by atoms with Crippen molar-refractivity contribution in [3.63, 3.8) is 0 Å². The van der Waals surface area contributed by atoms with Crippen LogP contribution in [0.3, 0.4) is 0 Å². The first kappa shape index (κ1) is 12.6. The highest BCUT2D eigenvalue weighted by Crippen LogP contribution is 2.30. The van der Waals surface area contributed by atoms with Crippen LogP contribution in [0.5, 0.6) is 5.75 Å². The van der Waals surface area contributed by atoms with Crippen LogP contribution in [0.2, 0.25) is 0 Å². The lowest BCUT2D eigenvalue weighted by molar-refractivity contribution is 0.385. The number of nitriles is 1. The van der Waals surface area contributed by atoms with E-state index in [1.54, 1.807) is 7.11 Å². The van der Waals surface area contributed by atoms with Crippen LogP contribution in [0.15, 0.2) is 18.2 Å². The van der Waals surface area contributed by atoms with Crippen molar-refractivity contribution in [1.29, 1.82) is 5.26 Å². The van der Waals surface area contributed by atoms with Crippen LogP contribution >= 0.6 is 0 Å². The fourth-order valence-corrected chi connectivity index (χ4v) is 1.71. The van der Waals surface area contributed by atoms with E-state index < -0.39 is 0 Å². The number of methoxy groups -OCH3 is 1. The summed E-state index contributed by atoms with van der Waals surface area (Å²) in [4.78, 5) is 0. The van der Waals surface area contributed by atoms with Gasteiger partial charge in [-0.1, -0.05) is 24.6 Å². The molecule has 0 spiro atoms. The molecular formula is C14H19NO. The Morgan fingerprint density at radius 2 is 2.12 bits per heavy atom. The number of nitrogens with zero attached hydrogens (tertiary/aromatic N) is 1. The maximum atomic E-state index is 9.19. The molecule has 1 unspecified atom stereocenters. The second-order valence-corrected chi connectivity index (χ2v) is 4.52. The van der Waals surface area contributed by atoms with Gasteiger partial charge in [0.05, 0.1) is 18.6 Å². The molecule has 0 fully saturated rings.